The van der Waals surface area contributed by atoms with Crippen LogP contribution in [-0.2, 0) is 4.74 Å². The predicted molar refractivity (Wildman–Crippen MR) is 54.5 cm³/mol. The van der Waals surface area contributed by atoms with Gasteiger partial charge in [-0.15, -0.1) is 0 Å². The third-order valence-electron chi connectivity index (χ3n) is 2.43. The van der Waals surface area contributed by atoms with Gasteiger partial charge in [0.2, 0.25) is 0 Å². The van der Waals surface area contributed by atoms with Crippen LogP contribution in [-0.4, -0.2) is 38.6 Å². The van der Waals surface area contributed by atoms with Crippen LogP contribution in [0.2, 0.25) is 0 Å². The predicted octanol–water partition coefficient (Wildman–Crippen LogP) is -1.53. The van der Waals surface area contributed by atoms with Crippen molar-refractivity contribution >= 4 is 5.82 Å². The normalized spacial score (nSPS) is 30.2. The Kier molecular flexibility index (Phi) is 2.90. The number of hydrogen-bond donors (Lipinski definition) is 3. The van der Waals surface area contributed by atoms with E-state index in [2.05, 4.69) is 4.98 Å². The molecule has 0 amide bonds. The van der Waals surface area contributed by atoms with Gasteiger partial charge in [0, 0.05) is 12.6 Å². The number of nitrogens with zero attached hydrogens (tertiary/aromatic N) is 2. The highest BCUT2D eigenvalue weighted by atomic mass is 16.5. The largest absolute Gasteiger partial charge is 0.391 e. The van der Waals surface area contributed by atoms with Gasteiger partial charge in [0.1, 0.15) is 11.9 Å². The molecule has 4 N–H and O–H groups in total. The second-order valence-corrected chi connectivity index (χ2v) is 3.72. The number of ether oxygens (including phenoxy) is 1. The van der Waals surface area contributed by atoms with Gasteiger partial charge in [-0.2, -0.15) is 4.98 Å². The lowest BCUT2D eigenvalue weighted by Gasteiger charge is -2.31. The van der Waals surface area contributed by atoms with Crippen molar-refractivity contribution in [2.45, 2.75) is 24.9 Å². The van der Waals surface area contributed by atoms with Crippen molar-refractivity contribution in [1.29, 1.82) is 0 Å². The van der Waals surface area contributed by atoms with E-state index >= 15 is 0 Å². The SMILES string of the molecule is Nc1ccn([C@@H]2OCC(O)C[C@@H]2O)c(=O)n1. The lowest BCUT2D eigenvalue weighted by molar-refractivity contribution is -0.156. The Morgan fingerprint density at radius 3 is 2.94 bits per heavy atom. The Bertz CT molecular complexity index is 433. The molecule has 3 atom stereocenters. The van der Waals surface area contributed by atoms with Crippen LogP contribution >= 0.6 is 0 Å². The standard InChI is InChI=1S/C9H13N3O4/c10-7-1-2-12(9(15)11-7)8-6(14)3-5(13)4-16-8/h1-2,5-6,8,13-14H,3-4H2,(H2,10,11,15)/t5?,6-,8+/m0/s1. The first-order chi connectivity index (χ1) is 7.58. The molecule has 1 saturated heterocycles. The van der Waals surface area contributed by atoms with Gasteiger partial charge in [0.25, 0.3) is 0 Å². The number of rotatable bonds is 1. The molecular weight excluding hydrogens is 214 g/mol. The second-order valence-electron chi connectivity index (χ2n) is 3.72. The number of aliphatic hydroxyl groups excluding tert-OH is 2. The zero-order chi connectivity index (χ0) is 11.7. The highest BCUT2D eigenvalue weighted by Crippen LogP contribution is 2.21. The van der Waals surface area contributed by atoms with Crippen LogP contribution in [0, 0.1) is 0 Å². The van der Waals surface area contributed by atoms with Crippen LogP contribution in [0.1, 0.15) is 12.6 Å². The maximum Gasteiger partial charge on any atom is 0.351 e. The van der Waals surface area contributed by atoms with Gasteiger partial charge in [0.05, 0.1) is 12.7 Å². The number of aliphatic hydroxyl groups is 2. The first-order valence-electron chi connectivity index (χ1n) is 4.90. The molecule has 1 aliphatic heterocycles. The number of hydrogen-bond acceptors (Lipinski definition) is 6. The van der Waals surface area contributed by atoms with Crippen LogP contribution in [0.5, 0.6) is 0 Å². The summed E-state index contributed by atoms with van der Waals surface area (Å²) in [6.45, 7) is 0.0819. The fraction of sp³-hybridized carbons (Fsp3) is 0.556. The summed E-state index contributed by atoms with van der Waals surface area (Å²) in [5.74, 6) is 0.117. The average molecular weight is 227 g/mol. The van der Waals surface area contributed by atoms with Crippen molar-refractivity contribution < 1.29 is 14.9 Å². The Hall–Kier alpha value is -1.44. The van der Waals surface area contributed by atoms with Crippen molar-refractivity contribution in [2.24, 2.45) is 0 Å². The summed E-state index contributed by atoms with van der Waals surface area (Å²) in [4.78, 5) is 15.0. The van der Waals surface area contributed by atoms with E-state index in [1.807, 2.05) is 0 Å². The Labute approximate surface area is 91.1 Å². The number of aromatic nitrogens is 2. The third kappa shape index (κ3) is 2.06. The van der Waals surface area contributed by atoms with Crippen molar-refractivity contribution in [3.05, 3.63) is 22.7 Å². The maximum absolute atomic E-state index is 11.5. The lowest BCUT2D eigenvalue weighted by Crippen LogP contribution is -2.42. The average Bonchev–Trinajstić information content (AvgIpc) is 2.19. The summed E-state index contributed by atoms with van der Waals surface area (Å²) in [7, 11) is 0. The summed E-state index contributed by atoms with van der Waals surface area (Å²) in [6, 6.07) is 1.45. The number of anilines is 1. The van der Waals surface area contributed by atoms with Gasteiger partial charge in [-0.05, 0) is 6.07 Å². The molecule has 1 aromatic heterocycles. The van der Waals surface area contributed by atoms with Gasteiger partial charge in [-0.3, -0.25) is 4.57 Å². The fourth-order valence-electron chi connectivity index (χ4n) is 1.67. The van der Waals surface area contributed by atoms with Gasteiger partial charge < -0.3 is 20.7 Å². The van der Waals surface area contributed by atoms with Crippen LogP contribution in [0.3, 0.4) is 0 Å². The molecule has 0 saturated carbocycles. The fourth-order valence-corrected chi connectivity index (χ4v) is 1.67. The summed E-state index contributed by atoms with van der Waals surface area (Å²) >= 11 is 0. The van der Waals surface area contributed by atoms with Crippen molar-refractivity contribution in [2.75, 3.05) is 12.3 Å². The molecule has 7 heteroatoms. The molecule has 0 aromatic carbocycles. The van der Waals surface area contributed by atoms with Crippen LogP contribution < -0.4 is 11.4 Å². The Morgan fingerprint density at radius 1 is 1.56 bits per heavy atom. The van der Waals surface area contributed by atoms with Crippen molar-refractivity contribution in [1.82, 2.24) is 9.55 Å². The lowest BCUT2D eigenvalue weighted by atomic mass is 10.1. The van der Waals surface area contributed by atoms with Crippen LogP contribution in [0.4, 0.5) is 5.82 Å². The van der Waals surface area contributed by atoms with E-state index in [1.165, 1.54) is 12.3 Å². The Balaban J connectivity index is 2.27. The zero-order valence-electron chi connectivity index (χ0n) is 8.48. The van der Waals surface area contributed by atoms with E-state index in [9.17, 15) is 15.0 Å². The minimum atomic E-state index is -0.938. The van der Waals surface area contributed by atoms with Crippen LogP contribution in [0.25, 0.3) is 0 Å². The molecule has 1 aliphatic rings. The first-order valence-corrected chi connectivity index (χ1v) is 4.90. The molecule has 1 unspecified atom stereocenters. The second kappa shape index (κ2) is 4.20. The Morgan fingerprint density at radius 2 is 2.31 bits per heavy atom. The molecule has 7 nitrogen and oxygen atoms in total. The van der Waals surface area contributed by atoms with Crippen molar-refractivity contribution in [3.63, 3.8) is 0 Å². The van der Waals surface area contributed by atoms with Crippen LogP contribution in [0.15, 0.2) is 17.1 Å². The highest BCUT2D eigenvalue weighted by Gasteiger charge is 2.30. The molecule has 0 radical (unpaired) electrons. The highest BCUT2D eigenvalue weighted by molar-refractivity contribution is 5.23. The monoisotopic (exact) mass is 227 g/mol. The van der Waals surface area contributed by atoms with Gasteiger partial charge in [0.15, 0.2) is 6.23 Å². The molecule has 0 bridgehead atoms. The topological polar surface area (TPSA) is 111 Å². The summed E-state index contributed by atoms with van der Waals surface area (Å²) in [6.07, 6.45) is -0.878. The van der Waals surface area contributed by atoms with E-state index in [-0.39, 0.29) is 18.8 Å². The number of nitrogens with two attached hydrogens (primary N) is 1. The molecule has 1 fully saturated rings. The molecule has 2 rings (SSSR count). The molecule has 0 aliphatic carbocycles. The molecule has 2 heterocycles. The van der Waals surface area contributed by atoms with Gasteiger partial charge in [-0.1, -0.05) is 0 Å². The molecule has 1 aromatic rings. The third-order valence-corrected chi connectivity index (χ3v) is 2.43. The number of nitrogen functional groups attached to an aromatic ring is 1. The molecule has 88 valence electrons. The van der Waals surface area contributed by atoms with E-state index in [0.29, 0.717) is 0 Å². The molecule has 16 heavy (non-hydrogen) atoms. The maximum atomic E-state index is 11.5. The van der Waals surface area contributed by atoms with E-state index in [0.717, 1.165) is 4.57 Å². The van der Waals surface area contributed by atoms with E-state index < -0.39 is 24.1 Å². The van der Waals surface area contributed by atoms with Gasteiger partial charge >= 0.3 is 5.69 Å². The van der Waals surface area contributed by atoms with Gasteiger partial charge in [-0.25, -0.2) is 4.79 Å². The van der Waals surface area contributed by atoms with Crippen molar-refractivity contribution in [3.8, 4) is 0 Å². The molecule has 0 spiro atoms. The van der Waals surface area contributed by atoms with E-state index in [1.54, 1.807) is 0 Å². The molecular formula is C9H13N3O4. The quantitative estimate of drug-likeness (QED) is 0.536. The minimum Gasteiger partial charge on any atom is -0.391 e. The smallest absolute Gasteiger partial charge is 0.351 e. The van der Waals surface area contributed by atoms with E-state index in [4.69, 9.17) is 10.5 Å². The minimum absolute atomic E-state index is 0.0819. The first kappa shape index (κ1) is 11.1. The summed E-state index contributed by atoms with van der Waals surface area (Å²) in [5, 5.41) is 18.9. The zero-order valence-corrected chi connectivity index (χ0v) is 8.48. The summed E-state index contributed by atoms with van der Waals surface area (Å²) in [5.41, 5.74) is 4.76. The summed E-state index contributed by atoms with van der Waals surface area (Å²) < 4.78 is 6.35.